The molecule has 2 unspecified atom stereocenters. The molecule has 1 aliphatic rings. The Bertz CT molecular complexity index is 1220. The number of nitrogens with one attached hydrogen (secondary N) is 2. The summed E-state index contributed by atoms with van der Waals surface area (Å²) < 4.78 is 17.7. The van der Waals surface area contributed by atoms with Crippen LogP contribution in [0.2, 0.25) is 0 Å². The minimum Gasteiger partial charge on any atom is -0.496 e. The first-order chi connectivity index (χ1) is 17.0. The number of methoxy groups -OCH3 is 2. The zero-order valence-electron chi connectivity index (χ0n) is 20.6. The molecule has 0 aliphatic carbocycles. The fourth-order valence-corrected chi connectivity index (χ4v) is 4.55. The molecule has 0 saturated carbocycles. The number of para-hydroxylation sites is 1. The van der Waals surface area contributed by atoms with Crippen molar-refractivity contribution in [1.82, 2.24) is 9.55 Å². The van der Waals surface area contributed by atoms with Crippen LogP contribution in [-0.4, -0.2) is 54.9 Å². The van der Waals surface area contributed by atoms with Crippen molar-refractivity contribution in [1.29, 1.82) is 0 Å². The molecule has 0 spiro atoms. The van der Waals surface area contributed by atoms with Crippen molar-refractivity contribution >= 4 is 34.3 Å². The molecule has 2 aromatic heterocycles. The average Bonchev–Trinajstić information content (AvgIpc) is 3.50. The Kier molecular flexibility index (Phi) is 7.55. The van der Waals surface area contributed by atoms with Crippen molar-refractivity contribution in [2.75, 3.05) is 38.1 Å². The summed E-state index contributed by atoms with van der Waals surface area (Å²) in [7, 11) is 3.00. The van der Waals surface area contributed by atoms with E-state index in [0.29, 0.717) is 42.9 Å². The van der Waals surface area contributed by atoms with Gasteiger partial charge in [0.2, 0.25) is 5.91 Å². The highest BCUT2D eigenvalue weighted by molar-refractivity contribution is 6.11. The van der Waals surface area contributed by atoms with Gasteiger partial charge < -0.3 is 29.4 Å². The van der Waals surface area contributed by atoms with Crippen LogP contribution in [0.25, 0.3) is 11.0 Å². The number of anilines is 2. The van der Waals surface area contributed by atoms with Crippen LogP contribution in [-0.2, 0) is 27.2 Å². The van der Waals surface area contributed by atoms with Crippen molar-refractivity contribution < 1.29 is 23.8 Å². The lowest BCUT2D eigenvalue weighted by atomic mass is 10.1. The summed E-state index contributed by atoms with van der Waals surface area (Å²) in [6.07, 6.45) is 3.14. The molecule has 0 radical (unpaired) electrons. The number of nitrogens with zero attached hydrogens (tertiary/aromatic N) is 2. The summed E-state index contributed by atoms with van der Waals surface area (Å²) in [6, 6.07) is 9.92. The molecular formula is C26H32N4O5. The van der Waals surface area contributed by atoms with Gasteiger partial charge >= 0.3 is 5.97 Å². The summed E-state index contributed by atoms with van der Waals surface area (Å²) in [4.78, 5) is 30.3. The number of pyridine rings is 1. The van der Waals surface area contributed by atoms with Crippen LogP contribution >= 0.6 is 0 Å². The van der Waals surface area contributed by atoms with E-state index in [-0.39, 0.29) is 23.6 Å². The van der Waals surface area contributed by atoms with Gasteiger partial charge in [-0.3, -0.25) is 4.79 Å². The average molecular weight is 481 g/mol. The number of rotatable bonds is 9. The number of esters is 1. The van der Waals surface area contributed by atoms with Crippen molar-refractivity contribution in [2.45, 2.75) is 39.3 Å². The maximum Gasteiger partial charge on any atom is 0.356 e. The van der Waals surface area contributed by atoms with E-state index >= 15 is 0 Å². The van der Waals surface area contributed by atoms with Gasteiger partial charge in [-0.05, 0) is 44.4 Å². The van der Waals surface area contributed by atoms with Gasteiger partial charge in [0.05, 0.1) is 44.3 Å². The second kappa shape index (κ2) is 10.8. The van der Waals surface area contributed by atoms with E-state index < -0.39 is 5.97 Å². The first kappa shape index (κ1) is 24.5. The SMILES string of the molecule is CCn1c(C(=O)OC)c(NC(=O)C2CCOC2)c2cc(NC(C)Cc3ccccc3OC)cnc21. The monoisotopic (exact) mass is 480 g/mol. The minimum atomic E-state index is -0.526. The first-order valence-corrected chi connectivity index (χ1v) is 11.8. The summed E-state index contributed by atoms with van der Waals surface area (Å²) in [6.45, 7) is 5.42. The lowest BCUT2D eigenvalue weighted by Gasteiger charge is -2.17. The third kappa shape index (κ3) is 5.09. The van der Waals surface area contributed by atoms with Crippen LogP contribution in [0.15, 0.2) is 36.5 Å². The van der Waals surface area contributed by atoms with Gasteiger partial charge in [-0.1, -0.05) is 18.2 Å². The highest BCUT2D eigenvalue weighted by Gasteiger charge is 2.29. The standard InChI is InChI=1S/C26H32N4O5/c1-5-30-23(26(32)34-4)22(29-25(31)18-10-11-35-15-18)20-13-19(14-27-24(20)30)28-16(2)12-17-8-6-7-9-21(17)33-3/h6-9,13-14,16,18,28H,5,10-12,15H2,1-4H3,(H,29,31). The van der Waals surface area contributed by atoms with Crippen LogP contribution in [0.1, 0.15) is 36.3 Å². The van der Waals surface area contributed by atoms with Crippen LogP contribution in [0.5, 0.6) is 5.75 Å². The van der Waals surface area contributed by atoms with Crippen LogP contribution in [0.3, 0.4) is 0 Å². The minimum absolute atomic E-state index is 0.0765. The molecule has 1 fully saturated rings. The van der Waals surface area contributed by atoms with Crippen molar-refractivity contribution in [2.24, 2.45) is 5.92 Å². The predicted molar refractivity (Wildman–Crippen MR) is 134 cm³/mol. The normalized spacial score (nSPS) is 16.2. The van der Waals surface area contributed by atoms with E-state index in [4.69, 9.17) is 14.2 Å². The Balaban J connectivity index is 1.67. The molecular weight excluding hydrogens is 448 g/mol. The van der Waals surface area contributed by atoms with Gasteiger partial charge in [-0.15, -0.1) is 0 Å². The molecule has 1 amide bonds. The third-order valence-corrected chi connectivity index (χ3v) is 6.27. The molecule has 9 nitrogen and oxygen atoms in total. The summed E-state index contributed by atoms with van der Waals surface area (Å²) in [5.74, 6) is -0.110. The number of amides is 1. The smallest absolute Gasteiger partial charge is 0.356 e. The third-order valence-electron chi connectivity index (χ3n) is 6.27. The van der Waals surface area contributed by atoms with Crippen molar-refractivity contribution in [3.8, 4) is 5.75 Å². The molecule has 4 rings (SSSR count). The van der Waals surface area contributed by atoms with Gasteiger partial charge in [-0.25, -0.2) is 9.78 Å². The number of carbonyl (C=O) groups excluding carboxylic acids is 2. The maximum absolute atomic E-state index is 12.9. The Morgan fingerprint density at radius 3 is 2.77 bits per heavy atom. The van der Waals surface area contributed by atoms with E-state index in [1.54, 1.807) is 17.9 Å². The zero-order chi connectivity index (χ0) is 24.9. The van der Waals surface area contributed by atoms with Gasteiger partial charge in [0, 0.05) is 24.6 Å². The molecule has 1 aromatic carbocycles. The Morgan fingerprint density at radius 2 is 2.09 bits per heavy atom. The van der Waals surface area contributed by atoms with E-state index in [1.165, 1.54) is 7.11 Å². The second-order valence-electron chi connectivity index (χ2n) is 8.67. The molecule has 35 heavy (non-hydrogen) atoms. The number of fused-ring (bicyclic) bond motifs is 1. The fourth-order valence-electron chi connectivity index (χ4n) is 4.55. The number of carbonyl (C=O) groups is 2. The van der Waals surface area contributed by atoms with Gasteiger partial charge in [0.15, 0.2) is 5.69 Å². The van der Waals surface area contributed by atoms with Crippen LogP contribution < -0.4 is 15.4 Å². The molecule has 1 aliphatic heterocycles. The highest BCUT2D eigenvalue weighted by Crippen LogP contribution is 2.33. The number of hydrogen-bond donors (Lipinski definition) is 2. The van der Waals surface area contributed by atoms with E-state index in [1.807, 2.05) is 37.3 Å². The zero-order valence-corrected chi connectivity index (χ0v) is 20.6. The van der Waals surface area contributed by atoms with Gasteiger partial charge in [-0.2, -0.15) is 0 Å². The summed E-state index contributed by atoms with van der Waals surface area (Å²) in [5, 5.41) is 7.13. The summed E-state index contributed by atoms with van der Waals surface area (Å²) in [5.41, 5.74) is 3.18. The number of aryl methyl sites for hydroxylation is 1. The lowest BCUT2D eigenvalue weighted by molar-refractivity contribution is -0.119. The van der Waals surface area contributed by atoms with Gasteiger partial charge in [0.25, 0.3) is 0 Å². The highest BCUT2D eigenvalue weighted by atomic mass is 16.5. The number of benzene rings is 1. The first-order valence-electron chi connectivity index (χ1n) is 11.8. The Labute approximate surface area is 204 Å². The largest absolute Gasteiger partial charge is 0.496 e. The quantitative estimate of drug-likeness (QED) is 0.448. The molecule has 2 atom stereocenters. The molecule has 186 valence electrons. The molecule has 0 bridgehead atoms. The topological polar surface area (TPSA) is 104 Å². The number of hydrogen-bond acceptors (Lipinski definition) is 7. The molecule has 3 heterocycles. The van der Waals surface area contributed by atoms with Gasteiger partial charge in [0.1, 0.15) is 11.4 Å². The lowest BCUT2D eigenvalue weighted by Crippen LogP contribution is -2.24. The predicted octanol–water partition coefficient (Wildman–Crippen LogP) is 3.87. The van der Waals surface area contributed by atoms with Crippen LogP contribution in [0, 0.1) is 5.92 Å². The Hall–Kier alpha value is -3.59. The van der Waals surface area contributed by atoms with E-state index in [0.717, 1.165) is 23.4 Å². The van der Waals surface area contributed by atoms with Crippen molar-refractivity contribution in [3.05, 3.63) is 47.8 Å². The van der Waals surface area contributed by atoms with E-state index in [9.17, 15) is 9.59 Å². The molecule has 9 heteroatoms. The second-order valence-corrected chi connectivity index (χ2v) is 8.67. The molecule has 2 N–H and O–H groups in total. The fraction of sp³-hybridized carbons (Fsp3) is 0.423. The van der Waals surface area contributed by atoms with E-state index in [2.05, 4.69) is 22.5 Å². The molecule has 1 saturated heterocycles. The summed E-state index contributed by atoms with van der Waals surface area (Å²) >= 11 is 0. The Morgan fingerprint density at radius 1 is 1.29 bits per heavy atom. The number of ether oxygens (including phenoxy) is 3. The maximum atomic E-state index is 12.9. The molecule has 3 aromatic rings. The van der Waals surface area contributed by atoms with Crippen molar-refractivity contribution in [3.63, 3.8) is 0 Å². The number of aromatic nitrogens is 2. The van der Waals surface area contributed by atoms with Crippen LogP contribution in [0.4, 0.5) is 11.4 Å².